The first-order valence-electron chi connectivity index (χ1n) is 9.12. The summed E-state index contributed by atoms with van der Waals surface area (Å²) in [7, 11) is 1.36. The highest BCUT2D eigenvalue weighted by atomic mass is 32.2. The lowest BCUT2D eigenvalue weighted by molar-refractivity contribution is -0.153. The maximum Gasteiger partial charge on any atom is 0.328 e. The minimum atomic E-state index is -0.590. The summed E-state index contributed by atoms with van der Waals surface area (Å²) in [5.74, 6) is 1.18. The van der Waals surface area contributed by atoms with Crippen molar-refractivity contribution < 1.29 is 23.8 Å². The summed E-state index contributed by atoms with van der Waals surface area (Å²) in [4.78, 5) is 27.8. The van der Waals surface area contributed by atoms with E-state index in [4.69, 9.17) is 14.2 Å². The third kappa shape index (κ3) is 3.80. The Hall–Kier alpha value is -2.67. The first-order valence-corrected chi connectivity index (χ1v) is 10.1. The predicted octanol–water partition coefficient (Wildman–Crippen LogP) is 2.68. The van der Waals surface area contributed by atoms with E-state index in [2.05, 4.69) is 0 Å². The van der Waals surface area contributed by atoms with Crippen LogP contribution in [0.25, 0.3) is 0 Å². The van der Waals surface area contributed by atoms with Crippen LogP contribution in [0.15, 0.2) is 47.4 Å². The lowest BCUT2D eigenvalue weighted by Gasteiger charge is -2.35. The van der Waals surface area contributed by atoms with Gasteiger partial charge in [0, 0.05) is 17.9 Å². The molecule has 2 heterocycles. The smallest absolute Gasteiger partial charge is 0.328 e. The molecule has 2 aromatic rings. The van der Waals surface area contributed by atoms with Crippen LogP contribution in [-0.2, 0) is 27.3 Å². The van der Waals surface area contributed by atoms with Gasteiger partial charge in [0.15, 0.2) is 11.5 Å². The molecule has 1 atom stereocenters. The van der Waals surface area contributed by atoms with Gasteiger partial charge in [0.05, 0.1) is 12.9 Å². The summed E-state index contributed by atoms with van der Waals surface area (Å²) in [6, 6.07) is 13.0. The number of methoxy groups -OCH3 is 1. The quantitative estimate of drug-likeness (QED) is 0.582. The number of amides is 1. The molecule has 0 fully saturated rings. The highest BCUT2D eigenvalue weighted by molar-refractivity contribution is 8.00. The van der Waals surface area contributed by atoms with Gasteiger partial charge in [-0.2, -0.15) is 0 Å². The SMILES string of the molecule is COC(=O)[C@@H]1Cc2ccccc2CN1C(=O)CSc1ccc2c(c1)OCCO2. The molecule has 0 radical (unpaired) electrons. The summed E-state index contributed by atoms with van der Waals surface area (Å²) in [5.41, 5.74) is 2.15. The zero-order valence-corrected chi connectivity index (χ0v) is 16.4. The van der Waals surface area contributed by atoms with Crippen LogP contribution < -0.4 is 9.47 Å². The molecular weight excluding hydrogens is 378 g/mol. The van der Waals surface area contributed by atoms with Crippen molar-refractivity contribution in [1.82, 2.24) is 4.90 Å². The Balaban J connectivity index is 1.47. The average Bonchev–Trinajstić information content (AvgIpc) is 2.75. The molecule has 0 aromatic heterocycles. The van der Waals surface area contributed by atoms with E-state index in [9.17, 15) is 9.59 Å². The molecule has 0 unspecified atom stereocenters. The van der Waals surface area contributed by atoms with Crippen molar-refractivity contribution in [2.75, 3.05) is 26.1 Å². The second kappa shape index (κ2) is 8.14. The van der Waals surface area contributed by atoms with Crippen LogP contribution in [-0.4, -0.2) is 48.9 Å². The van der Waals surface area contributed by atoms with Gasteiger partial charge in [-0.15, -0.1) is 11.8 Å². The van der Waals surface area contributed by atoms with Gasteiger partial charge in [-0.25, -0.2) is 4.79 Å². The molecule has 2 aliphatic rings. The van der Waals surface area contributed by atoms with Crippen LogP contribution in [0.1, 0.15) is 11.1 Å². The summed E-state index contributed by atoms with van der Waals surface area (Å²) in [6.07, 6.45) is 0.475. The third-order valence-electron chi connectivity index (χ3n) is 4.92. The normalized spacial score (nSPS) is 17.6. The highest BCUT2D eigenvalue weighted by Crippen LogP contribution is 2.34. The zero-order chi connectivity index (χ0) is 19.5. The minimum absolute atomic E-state index is 0.0928. The molecule has 0 saturated heterocycles. The number of esters is 1. The molecule has 146 valence electrons. The van der Waals surface area contributed by atoms with Gasteiger partial charge >= 0.3 is 5.97 Å². The van der Waals surface area contributed by atoms with E-state index < -0.39 is 6.04 Å². The van der Waals surface area contributed by atoms with Crippen molar-refractivity contribution in [2.45, 2.75) is 23.9 Å². The number of ether oxygens (including phenoxy) is 3. The first kappa shape index (κ1) is 18.7. The molecule has 0 aliphatic carbocycles. The van der Waals surface area contributed by atoms with Crippen molar-refractivity contribution in [2.24, 2.45) is 0 Å². The van der Waals surface area contributed by atoms with E-state index in [0.29, 0.717) is 31.9 Å². The fourth-order valence-corrected chi connectivity index (χ4v) is 4.28. The van der Waals surface area contributed by atoms with E-state index >= 15 is 0 Å². The molecule has 2 aromatic carbocycles. The number of carbonyl (C=O) groups excluding carboxylic acids is 2. The van der Waals surface area contributed by atoms with Crippen LogP contribution >= 0.6 is 11.8 Å². The van der Waals surface area contributed by atoms with Gasteiger partial charge < -0.3 is 19.1 Å². The summed E-state index contributed by atoms with van der Waals surface area (Å²) in [5, 5.41) is 0. The van der Waals surface area contributed by atoms with Gasteiger partial charge in [0.25, 0.3) is 0 Å². The van der Waals surface area contributed by atoms with Gasteiger partial charge in [0.1, 0.15) is 19.3 Å². The summed E-state index contributed by atoms with van der Waals surface area (Å²) in [6.45, 7) is 1.48. The van der Waals surface area contributed by atoms with Gasteiger partial charge in [-0.05, 0) is 29.3 Å². The number of fused-ring (bicyclic) bond motifs is 2. The minimum Gasteiger partial charge on any atom is -0.486 e. The molecule has 6 nitrogen and oxygen atoms in total. The number of nitrogens with zero attached hydrogens (tertiary/aromatic N) is 1. The van der Waals surface area contributed by atoms with Crippen LogP contribution in [0.2, 0.25) is 0 Å². The lowest BCUT2D eigenvalue weighted by Crippen LogP contribution is -2.49. The standard InChI is InChI=1S/C21H21NO5S/c1-25-21(24)17-10-14-4-2-3-5-15(14)12-22(17)20(23)13-28-16-6-7-18-19(11-16)27-9-8-26-18/h2-7,11,17H,8-10,12-13H2,1H3/t17-/m0/s1. The Bertz CT molecular complexity index is 900. The Morgan fingerprint density at radius 3 is 2.64 bits per heavy atom. The first-order chi connectivity index (χ1) is 13.7. The van der Waals surface area contributed by atoms with Crippen molar-refractivity contribution in [1.29, 1.82) is 0 Å². The van der Waals surface area contributed by atoms with E-state index in [1.54, 1.807) is 4.90 Å². The van der Waals surface area contributed by atoms with Crippen LogP contribution in [0, 0.1) is 0 Å². The molecule has 28 heavy (non-hydrogen) atoms. The summed E-state index contributed by atoms with van der Waals surface area (Å²) >= 11 is 1.42. The summed E-state index contributed by atoms with van der Waals surface area (Å²) < 4.78 is 16.1. The van der Waals surface area contributed by atoms with Crippen molar-refractivity contribution in [3.8, 4) is 11.5 Å². The predicted molar refractivity (Wildman–Crippen MR) is 105 cm³/mol. The Labute approximate surface area is 167 Å². The molecule has 4 rings (SSSR count). The highest BCUT2D eigenvalue weighted by Gasteiger charge is 2.35. The van der Waals surface area contributed by atoms with Gasteiger partial charge in [0.2, 0.25) is 5.91 Å². The van der Waals surface area contributed by atoms with Crippen molar-refractivity contribution >= 4 is 23.6 Å². The van der Waals surface area contributed by atoms with Crippen LogP contribution in [0.5, 0.6) is 11.5 Å². The number of thioether (sulfide) groups is 1. The fraction of sp³-hybridized carbons (Fsp3) is 0.333. The average molecular weight is 399 g/mol. The monoisotopic (exact) mass is 399 g/mol. The maximum atomic E-state index is 12.9. The molecule has 0 spiro atoms. The largest absolute Gasteiger partial charge is 0.486 e. The van der Waals surface area contributed by atoms with E-state index in [0.717, 1.165) is 21.8 Å². The molecule has 7 heteroatoms. The fourth-order valence-electron chi connectivity index (χ4n) is 3.47. The lowest BCUT2D eigenvalue weighted by atomic mass is 9.94. The number of hydrogen-bond donors (Lipinski definition) is 0. The molecule has 0 saturated carbocycles. The van der Waals surface area contributed by atoms with Crippen LogP contribution in [0.4, 0.5) is 0 Å². The number of benzene rings is 2. The number of hydrogen-bond acceptors (Lipinski definition) is 6. The molecule has 1 amide bonds. The Kier molecular flexibility index (Phi) is 5.43. The van der Waals surface area contributed by atoms with Gasteiger partial charge in [-0.1, -0.05) is 24.3 Å². The van der Waals surface area contributed by atoms with Crippen LogP contribution in [0.3, 0.4) is 0 Å². The number of carbonyl (C=O) groups is 2. The molecule has 0 bridgehead atoms. The van der Waals surface area contributed by atoms with Crippen molar-refractivity contribution in [3.05, 3.63) is 53.6 Å². The maximum absolute atomic E-state index is 12.9. The third-order valence-corrected chi connectivity index (χ3v) is 5.90. The zero-order valence-electron chi connectivity index (χ0n) is 15.6. The second-order valence-corrected chi connectivity index (χ2v) is 7.68. The van der Waals surface area contributed by atoms with E-state index in [-0.39, 0.29) is 17.6 Å². The molecule has 2 aliphatic heterocycles. The Morgan fingerprint density at radius 1 is 1.11 bits per heavy atom. The van der Waals surface area contributed by atoms with Crippen molar-refractivity contribution in [3.63, 3.8) is 0 Å². The molecule has 0 N–H and O–H groups in total. The van der Waals surface area contributed by atoms with E-state index in [1.807, 2.05) is 42.5 Å². The van der Waals surface area contributed by atoms with Gasteiger partial charge in [-0.3, -0.25) is 4.79 Å². The Morgan fingerprint density at radius 2 is 1.86 bits per heavy atom. The molecular formula is C21H21NO5S. The van der Waals surface area contributed by atoms with E-state index in [1.165, 1.54) is 18.9 Å². The number of rotatable bonds is 4. The topological polar surface area (TPSA) is 65.1 Å². The second-order valence-electron chi connectivity index (χ2n) is 6.63.